The van der Waals surface area contributed by atoms with Crippen LogP contribution in [0.5, 0.6) is 0 Å². The van der Waals surface area contributed by atoms with E-state index in [0.29, 0.717) is 41.1 Å². The second kappa shape index (κ2) is 10.9. The Labute approximate surface area is 201 Å². The van der Waals surface area contributed by atoms with Gasteiger partial charge in [-0.05, 0) is 61.0 Å². The van der Waals surface area contributed by atoms with E-state index in [-0.39, 0.29) is 17.7 Å². The van der Waals surface area contributed by atoms with Gasteiger partial charge in [-0.25, -0.2) is 0 Å². The molecular weight excluding hydrogens is 482 g/mol. The molecule has 5 nitrogen and oxygen atoms in total. The molecule has 0 saturated heterocycles. The van der Waals surface area contributed by atoms with Crippen LogP contribution in [0.25, 0.3) is 43.5 Å². The number of nitrogens with zero attached hydrogens (tertiary/aromatic N) is 1. The van der Waals surface area contributed by atoms with Crippen LogP contribution < -0.4 is 11.1 Å². The third-order valence-electron chi connectivity index (χ3n) is 5.57. The summed E-state index contributed by atoms with van der Waals surface area (Å²) in [5.74, 6) is 0. The summed E-state index contributed by atoms with van der Waals surface area (Å²) >= 11 is 3.51. The first kappa shape index (κ1) is 24.9. The van der Waals surface area contributed by atoms with Crippen molar-refractivity contribution in [3.05, 3.63) is 67.6 Å². The summed E-state index contributed by atoms with van der Waals surface area (Å²) in [7, 11) is 0. The van der Waals surface area contributed by atoms with Crippen LogP contribution in [-0.4, -0.2) is 16.3 Å². The van der Waals surface area contributed by atoms with Crippen molar-refractivity contribution in [2.45, 2.75) is 53.5 Å². The fourth-order valence-corrected chi connectivity index (χ4v) is 4.56. The zero-order valence-electron chi connectivity index (χ0n) is 19.6. The smallest absolute Gasteiger partial charge is 0.261 e. The first-order valence-corrected chi connectivity index (χ1v) is 12.4. The highest BCUT2D eigenvalue weighted by molar-refractivity contribution is 9.10. The number of unbranched alkanes of at least 4 members (excludes halogenated alkanes) is 2. The fourth-order valence-electron chi connectivity index (χ4n) is 4.19. The Balaban J connectivity index is 0.000000728. The molecule has 0 radical (unpaired) electrons. The molecule has 5 aromatic rings. The summed E-state index contributed by atoms with van der Waals surface area (Å²) in [6.07, 6.45) is 2.12. The van der Waals surface area contributed by atoms with Crippen molar-refractivity contribution in [2.24, 2.45) is 0 Å². The van der Waals surface area contributed by atoms with Crippen molar-refractivity contribution in [1.29, 1.82) is 0 Å². The third-order valence-corrected chi connectivity index (χ3v) is 6.06. The van der Waals surface area contributed by atoms with E-state index in [1.807, 2.05) is 64.1 Å². The van der Waals surface area contributed by atoms with E-state index >= 15 is 0 Å². The summed E-state index contributed by atoms with van der Waals surface area (Å²) in [5, 5.41) is 13.4. The maximum absolute atomic E-state index is 13.1. The van der Waals surface area contributed by atoms with Crippen LogP contribution in [0.3, 0.4) is 0 Å². The molecule has 174 valence electrons. The number of fused-ring (bicyclic) bond motifs is 2. The molecule has 2 aromatic heterocycles. The lowest BCUT2D eigenvalue weighted by molar-refractivity contribution is 0.281. The number of rotatable bonds is 5. The molecule has 0 fully saturated rings. The molecule has 0 unspecified atom stereocenters. The van der Waals surface area contributed by atoms with Gasteiger partial charge >= 0.3 is 0 Å². The highest BCUT2D eigenvalue weighted by Crippen LogP contribution is 2.37. The predicted molar refractivity (Wildman–Crippen MR) is 142 cm³/mol. The number of aliphatic hydroxyl groups is 1. The maximum Gasteiger partial charge on any atom is 0.261 e. The molecule has 0 atom stereocenters. The minimum Gasteiger partial charge on any atom is -0.456 e. The van der Waals surface area contributed by atoms with Crippen molar-refractivity contribution in [1.82, 2.24) is 4.57 Å². The average Bonchev–Trinajstić information content (AvgIpc) is 2.86. The quantitative estimate of drug-likeness (QED) is 0.159. The molecule has 33 heavy (non-hydrogen) atoms. The number of aliphatic hydroxyl groups excluding tert-OH is 1. The van der Waals surface area contributed by atoms with Crippen LogP contribution in [0.1, 0.15) is 47.0 Å². The molecule has 0 saturated carbocycles. The second-order valence-electron chi connectivity index (χ2n) is 7.31. The van der Waals surface area contributed by atoms with Crippen LogP contribution in [0, 0.1) is 0 Å². The maximum atomic E-state index is 13.1. The number of hydrogen-bond donors (Lipinski definition) is 1. The first-order chi connectivity index (χ1) is 16.1. The van der Waals surface area contributed by atoms with Crippen LogP contribution in [0.4, 0.5) is 0 Å². The Morgan fingerprint density at radius 2 is 1.36 bits per heavy atom. The van der Waals surface area contributed by atoms with Crippen LogP contribution >= 0.6 is 15.9 Å². The van der Waals surface area contributed by atoms with Gasteiger partial charge < -0.3 is 9.52 Å². The fraction of sp³-hybridized carbons (Fsp3) is 0.333. The van der Waals surface area contributed by atoms with Gasteiger partial charge in [-0.3, -0.25) is 14.2 Å². The lowest BCUT2D eigenvalue weighted by Gasteiger charge is -2.14. The van der Waals surface area contributed by atoms with E-state index in [4.69, 9.17) is 9.52 Å². The van der Waals surface area contributed by atoms with Gasteiger partial charge in [0.2, 0.25) is 0 Å². The summed E-state index contributed by atoms with van der Waals surface area (Å²) in [5.41, 5.74) is 0.876. The number of benzene rings is 3. The predicted octanol–water partition coefficient (Wildman–Crippen LogP) is 6.83. The standard InChI is InChI=1S/C23H18BrNO4.2C2H6/c24-13-4-8-18-17(12-13)14-5-6-15-20-16(7-9-19(29-18)21(14)20)23(28)25(22(15)27)10-2-1-3-11-26;2*1-2/h4-9,12,26H,1-3,10-11H2;2*1-2H3. The average molecular weight is 512 g/mol. The van der Waals surface area contributed by atoms with Gasteiger partial charge in [0.1, 0.15) is 11.2 Å². The number of pyridine rings is 1. The molecule has 6 heteroatoms. The molecule has 2 heterocycles. The lowest BCUT2D eigenvalue weighted by Crippen LogP contribution is -2.33. The monoisotopic (exact) mass is 511 g/mol. The van der Waals surface area contributed by atoms with Crippen molar-refractivity contribution >= 4 is 59.4 Å². The molecule has 0 spiro atoms. The molecule has 0 aliphatic rings. The topological polar surface area (TPSA) is 72.4 Å². The lowest BCUT2D eigenvalue weighted by atomic mass is 9.96. The molecule has 0 aliphatic heterocycles. The van der Waals surface area contributed by atoms with E-state index in [9.17, 15) is 9.59 Å². The largest absolute Gasteiger partial charge is 0.456 e. The minimum atomic E-state index is -0.268. The zero-order chi connectivity index (χ0) is 24.1. The number of hydrogen-bond acceptors (Lipinski definition) is 4. The second-order valence-corrected chi connectivity index (χ2v) is 8.23. The molecule has 0 bridgehead atoms. The van der Waals surface area contributed by atoms with Crippen molar-refractivity contribution in [2.75, 3.05) is 6.61 Å². The molecular formula is C27H30BrNO4. The van der Waals surface area contributed by atoms with Crippen molar-refractivity contribution in [3.63, 3.8) is 0 Å². The Bertz CT molecular complexity index is 1470. The summed E-state index contributed by atoms with van der Waals surface area (Å²) in [6.45, 7) is 8.47. The van der Waals surface area contributed by atoms with E-state index in [1.165, 1.54) is 4.57 Å². The zero-order valence-corrected chi connectivity index (χ0v) is 21.2. The molecule has 1 N–H and O–H groups in total. The molecule has 0 aliphatic carbocycles. The summed E-state index contributed by atoms with van der Waals surface area (Å²) < 4.78 is 8.35. The van der Waals surface area contributed by atoms with Gasteiger partial charge in [0.25, 0.3) is 11.1 Å². The summed E-state index contributed by atoms with van der Waals surface area (Å²) in [4.78, 5) is 26.2. The molecule has 0 amide bonds. The molecule has 5 rings (SSSR count). The van der Waals surface area contributed by atoms with Crippen LogP contribution in [0.15, 0.2) is 60.9 Å². The number of aromatic nitrogens is 1. The first-order valence-electron chi connectivity index (χ1n) is 11.6. The number of halogens is 1. The van der Waals surface area contributed by atoms with Gasteiger partial charge in [-0.2, -0.15) is 0 Å². The Hall–Kier alpha value is -2.70. The van der Waals surface area contributed by atoms with Gasteiger partial charge in [-0.15, -0.1) is 0 Å². The Morgan fingerprint density at radius 1 is 0.758 bits per heavy atom. The minimum absolute atomic E-state index is 0.118. The van der Waals surface area contributed by atoms with Crippen molar-refractivity contribution < 1.29 is 9.52 Å². The Morgan fingerprint density at radius 3 is 2.03 bits per heavy atom. The van der Waals surface area contributed by atoms with Crippen LogP contribution in [0.2, 0.25) is 0 Å². The van der Waals surface area contributed by atoms with Crippen molar-refractivity contribution in [3.8, 4) is 0 Å². The highest BCUT2D eigenvalue weighted by atomic mass is 79.9. The Kier molecular flexibility index (Phi) is 8.27. The van der Waals surface area contributed by atoms with E-state index in [1.54, 1.807) is 6.07 Å². The van der Waals surface area contributed by atoms with E-state index in [0.717, 1.165) is 32.6 Å². The molecule has 3 aromatic carbocycles. The third kappa shape index (κ3) is 4.42. The highest BCUT2D eigenvalue weighted by Gasteiger charge is 2.18. The SMILES string of the molecule is CC.CC.O=c1c2ccc3oc4ccc(Br)cc4c4ccc(c(=O)n1CCCCCO)c2c34. The van der Waals surface area contributed by atoms with Gasteiger partial charge in [0.05, 0.1) is 0 Å². The van der Waals surface area contributed by atoms with Gasteiger partial charge in [0.15, 0.2) is 0 Å². The van der Waals surface area contributed by atoms with Crippen LogP contribution in [-0.2, 0) is 6.54 Å². The van der Waals surface area contributed by atoms with E-state index in [2.05, 4.69) is 15.9 Å². The van der Waals surface area contributed by atoms with Gasteiger partial charge in [-0.1, -0.05) is 49.7 Å². The normalized spacial score (nSPS) is 11.0. The van der Waals surface area contributed by atoms with E-state index < -0.39 is 0 Å². The van der Waals surface area contributed by atoms with Gasteiger partial charge in [0, 0.05) is 44.6 Å². The summed E-state index contributed by atoms with van der Waals surface area (Å²) in [6, 6.07) is 13.1.